The van der Waals surface area contributed by atoms with E-state index in [1.54, 1.807) is 7.05 Å². The lowest BCUT2D eigenvalue weighted by molar-refractivity contribution is -0.138. The zero-order valence-electron chi connectivity index (χ0n) is 21.3. The van der Waals surface area contributed by atoms with Gasteiger partial charge in [-0.25, -0.2) is 18.4 Å². The molecule has 8 N–H and O–H groups in total. The maximum atomic E-state index is 14.9. The third-order valence-corrected chi connectivity index (χ3v) is 4.97. The number of nitrogens with zero attached hydrogens (tertiary/aromatic N) is 4. The Hall–Kier alpha value is -4.13. The van der Waals surface area contributed by atoms with E-state index in [0.717, 1.165) is 29.9 Å². The van der Waals surface area contributed by atoms with Crippen LogP contribution in [0.1, 0.15) is 13.3 Å². The molecule has 1 atom stereocenters. The first-order valence-corrected chi connectivity index (χ1v) is 11.3. The average molecular weight is 617 g/mol. The van der Waals surface area contributed by atoms with Crippen molar-refractivity contribution >= 4 is 35.1 Å². The van der Waals surface area contributed by atoms with Gasteiger partial charge in [0, 0.05) is 24.3 Å². The van der Waals surface area contributed by atoms with Crippen LogP contribution in [0.2, 0.25) is 5.15 Å². The van der Waals surface area contributed by atoms with Crippen molar-refractivity contribution in [1.29, 1.82) is 0 Å². The van der Waals surface area contributed by atoms with E-state index >= 15 is 0 Å². The fraction of sp³-hybridized carbons (Fsp3) is 0.318. The fourth-order valence-corrected chi connectivity index (χ4v) is 3.17. The SMILES string of the molecule is CNCCCOc1cc(F)c(-c2c(Cl)nc3ncnn3c2N[C@@H](C)C(F)(F)F)c(F)c1.O.O.O=C(O)C=CC(=O)O. The number of halogens is 6. The van der Waals surface area contributed by atoms with Crippen LogP contribution in [0.4, 0.5) is 27.8 Å². The molecule has 0 unspecified atom stereocenters. The zero-order valence-corrected chi connectivity index (χ0v) is 22.0. The van der Waals surface area contributed by atoms with E-state index in [2.05, 4.69) is 25.7 Å². The number of carboxylic acid groups (broad SMARTS) is 2. The number of fused-ring (bicyclic) bond motifs is 1. The first-order valence-electron chi connectivity index (χ1n) is 10.9. The van der Waals surface area contributed by atoms with Gasteiger partial charge in [-0.05, 0) is 26.9 Å². The van der Waals surface area contributed by atoms with E-state index in [0.29, 0.717) is 25.1 Å². The largest absolute Gasteiger partial charge is 0.493 e. The lowest BCUT2D eigenvalue weighted by Crippen LogP contribution is -2.34. The van der Waals surface area contributed by atoms with Crippen LogP contribution in [0.15, 0.2) is 30.6 Å². The quantitative estimate of drug-likeness (QED) is 0.113. The lowest BCUT2D eigenvalue weighted by atomic mass is 10.1. The molecule has 0 spiro atoms. The van der Waals surface area contributed by atoms with E-state index < -0.39 is 57.9 Å². The van der Waals surface area contributed by atoms with Crippen LogP contribution in [0.5, 0.6) is 5.75 Å². The van der Waals surface area contributed by atoms with Crippen LogP contribution < -0.4 is 15.4 Å². The summed E-state index contributed by atoms with van der Waals surface area (Å²) in [6, 6.07) is -0.231. The third kappa shape index (κ3) is 10.4. The minimum atomic E-state index is -4.65. The van der Waals surface area contributed by atoms with E-state index in [-0.39, 0.29) is 29.1 Å². The fourth-order valence-electron chi connectivity index (χ4n) is 2.91. The molecule has 0 bridgehead atoms. The van der Waals surface area contributed by atoms with E-state index in [1.807, 2.05) is 0 Å². The number of hydrogen-bond acceptors (Lipinski definition) is 8. The Morgan fingerprint density at radius 3 is 2.17 bits per heavy atom. The molecule has 228 valence electrons. The van der Waals surface area contributed by atoms with E-state index in [1.165, 1.54) is 0 Å². The van der Waals surface area contributed by atoms with Gasteiger partial charge in [-0.15, -0.1) is 0 Å². The highest BCUT2D eigenvalue weighted by Gasteiger charge is 2.37. The van der Waals surface area contributed by atoms with Gasteiger partial charge in [0.25, 0.3) is 5.78 Å². The summed E-state index contributed by atoms with van der Waals surface area (Å²) in [6.07, 6.45) is -1.91. The summed E-state index contributed by atoms with van der Waals surface area (Å²) in [5.74, 6) is -5.31. The van der Waals surface area contributed by atoms with Crippen molar-refractivity contribution in [3.63, 3.8) is 0 Å². The maximum Gasteiger partial charge on any atom is 0.408 e. The highest BCUT2D eigenvalue weighted by atomic mass is 35.5. The Kier molecular flexibility index (Phi) is 14.6. The number of nitrogens with one attached hydrogen (secondary N) is 2. The van der Waals surface area contributed by atoms with Gasteiger partial charge >= 0.3 is 18.1 Å². The summed E-state index contributed by atoms with van der Waals surface area (Å²) in [5.41, 5.74) is -1.10. The van der Waals surface area contributed by atoms with Gasteiger partial charge in [-0.3, -0.25) is 0 Å². The van der Waals surface area contributed by atoms with Crippen molar-refractivity contribution in [3.8, 4) is 16.9 Å². The molecular formula is C22H26ClF5N6O7. The molecular weight excluding hydrogens is 591 g/mol. The van der Waals surface area contributed by atoms with Crippen LogP contribution in [0.3, 0.4) is 0 Å². The molecule has 0 radical (unpaired) electrons. The number of aromatic nitrogens is 4. The normalized spacial score (nSPS) is 11.6. The van der Waals surface area contributed by atoms with Crippen molar-refractivity contribution in [3.05, 3.63) is 47.4 Å². The molecule has 3 rings (SSSR count). The first kappa shape index (κ1) is 36.9. The predicted octanol–water partition coefficient (Wildman–Crippen LogP) is 2.14. The lowest BCUT2D eigenvalue weighted by Gasteiger charge is -2.21. The van der Waals surface area contributed by atoms with Crippen molar-refractivity contribution in [1.82, 2.24) is 24.9 Å². The molecule has 41 heavy (non-hydrogen) atoms. The number of rotatable bonds is 10. The van der Waals surface area contributed by atoms with E-state index in [4.69, 9.17) is 26.6 Å². The minimum Gasteiger partial charge on any atom is -0.493 e. The molecule has 0 aliphatic rings. The smallest absolute Gasteiger partial charge is 0.408 e. The summed E-state index contributed by atoms with van der Waals surface area (Å²) in [4.78, 5) is 26.8. The summed E-state index contributed by atoms with van der Waals surface area (Å²) in [5, 5.41) is 24.1. The molecule has 2 aromatic heterocycles. The van der Waals surface area contributed by atoms with Crippen molar-refractivity contribution in [2.75, 3.05) is 25.5 Å². The Morgan fingerprint density at radius 1 is 1.12 bits per heavy atom. The second kappa shape index (κ2) is 16.2. The number of alkyl halides is 3. The van der Waals surface area contributed by atoms with Crippen molar-refractivity contribution in [2.24, 2.45) is 0 Å². The number of benzene rings is 1. The monoisotopic (exact) mass is 616 g/mol. The van der Waals surface area contributed by atoms with Crippen molar-refractivity contribution in [2.45, 2.75) is 25.6 Å². The highest BCUT2D eigenvalue weighted by Crippen LogP contribution is 2.39. The van der Waals surface area contributed by atoms with Crippen LogP contribution in [-0.2, 0) is 9.59 Å². The Bertz CT molecular complexity index is 1320. The van der Waals surface area contributed by atoms with E-state index in [9.17, 15) is 31.5 Å². The zero-order chi connectivity index (χ0) is 29.3. The van der Waals surface area contributed by atoms with Gasteiger partial charge in [0.15, 0.2) is 0 Å². The standard InChI is InChI=1S/C18H18ClF5N6O.C4H4O4.2H2O/c1-9(18(22,23)24)28-16-14(15(19)29-17-26-8-27-30(16)17)13-11(20)6-10(7-12(13)21)31-5-3-4-25-2;5-3(6)1-2-4(7)8;;/h6-9,25,28H,3-5H2,1-2H3;1-2H,(H,5,6)(H,7,8);2*1H2/t9-;;;/m0.../s1. The summed E-state index contributed by atoms with van der Waals surface area (Å²) < 4.78 is 75.5. The van der Waals surface area contributed by atoms with Gasteiger partial charge in [0.1, 0.15) is 40.7 Å². The Labute approximate surface area is 233 Å². The van der Waals surface area contributed by atoms with Crippen molar-refractivity contribution < 1.29 is 57.4 Å². The molecule has 0 fully saturated rings. The molecule has 2 heterocycles. The first-order chi connectivity index (χ1) is 18.3. The highest BCUT2D eigenvalue weighted by molar-refractivity contribution is 6.33. The van der Waals surface area contributed by atoms with Crippen LogP contribution >= 0.6 is 11.6 Å². The van der Waals surface area contributed by atoms with Crippen LogP contribution in [0.25, 0.3) is 16.9 Å². The van der Waals surface area contributed by atoms with Crippen LogP contribution in [0, 0.1) is 11.6 Å². The number of anilines is 1. The summed E-state index contributed by atoms with van der Waals surface area (Å²) in [7, 11) is 1.75. The Morgan fingerprint density at radius 2 is 1.68 bits per heavy atom. The summed E-state index contributed by atoms with van der Waals surface area (Å²) >= 11 is 6.11. The molecule has 19 heteroatoms. The van der Waals surface area contributed by atoms with Gasteiger partial charge in [0.05, 0.1) is 17.7 Å². The van der Waals surface area contributed by atoms with Gasteiger partial charge < -0.3 is 36.5 Å². The number of hydrogen-bond donors (Lipinski definition) is 4. The molecule has 0 saturated carbocycles. The van der Waals surface area contributed by atoms with Crippen LogP contribution in [-0.4, -0.2) is 85.1 Å². The molecule has 0 aliphatic carbocycles. The maximum absolute atomic E-state index is 14.9. The predicted molar refractivity (Wildman–Crippen MR) is 136 cm³/mol. The average Bonchev–Trinajstić information content (AvgIpc) is 3.29. The topological polar surface area (TPSA) is 214 Å². The molecule has 3 aromatic rings. The number of carboxylic acids is 2. The number of ether oxygens (including phenoxy) is 1. The molecule has 0 saturated heterocycles. The molecule has 0 amide bonds. The molecule has 13 nitrogen and oxygen atoms in total. The Balaban J connectivity index is 0.00000140. The third-order valence-electron chi connectivity index (χ3n) is 4.70. The number of aliphatic carboxylic acids is 2. The van der Waals surface area contributed by atoms with Gasteiger partial charge in [-0.2, -0.15) is 32.8 Å². The van der Waals surface area contributed by atoms with Gasteiger partial charge in [-0.1, -0.05) is 11.6 Å². The summed E-state index contributed by atoms with van der Waals surface area (Å²) in [6.45, 7) is 1.70. The number of carbonyl (C=O) groups is 2. The molecule has 1 aromatic carbocycles. The minimum absolute atomic E-state index is 0. The second-order valence-corrected chi connectivity index (χ2v) is 7.94. The second-order valence-electron chi connectivity index (χ2n) is 7.58. The van der Waals surface area contributed by atoms with Gasteiger partial charge in [0.2, 0.25) is 0 Å². The molecule has 0 aliphatic heterocycles.